The van der Waals surface area contributed by atoms with Gasteiger partial charge in [-0.15, -0.1) is 0 Å². The summed E-state index contributed by atoms with van der Waals surface area (Å²) in [5, 5.41) is 10.4. The van der Waals surface area contributed by atoms with E-state index >= 15 is 0 Å². The third kappa shape index (κ3) is 4.12. The lowest BCUT2D eigenvalue weighted by atomic mass is 10.0. The molecule has 2 N–H and O–H groups in total. The van der Waals surface area contributed by atoms with Gasteiger partial charge in [0.25, 0.3) is 11.5 Å². The van der Waals surface area contributed by atoms with E-state index in [1.54, 1.807) is 24.3 Å². The molecule has 1 amide bonds. The Balaban J connectivity index is 1.98. The SMILES string of the molecule is Cc1ccc(C)c2[nH]c(=O)c(CN(CCO)C(=O)c3ccc(Br)cc3)cc12. The Hall–Kier alpha value is -2.44. The number of aliphatic hydroxyl groups excluding tert-OH is 1. The highest BCUT2D eigenvalue weighted by molar-refractivity contribution is 9.10. The van der Waals surface area contributed by atoms with Crippen LogP contribution in [-0.4, -0.2) is 34.0 Å². The van der Waals surface area contributed by atoms with Gasteiger partial charge in [-0.25, -0.2) is 0 Å². The fourth-order valence-electron chi connectivity index (χ4n) is 3.09. The molecule has 0 spiro atoms. The number of carbonyl (C=O) groups is 1. The lowest BCUT2D eigenvalue weighted by Crippen LogP contribution is -2.35. The number of aromatic amines is 1. The Labute approximate surface area is 165 Å². The van der Waals surface area contributed by atoms with E-state index in [0.29, 0.717) is 11.1 Å². The summed E-state index contributed by atoms with van der Waals surface area (Å²) in [6.07, 6.45) is 0. The van der Waals surface area contributed by atoms with Gasteiger partial charge in [-0.2, -0.15) is 0 Å². The molecule has 3 aromatic rings. The quantitative estimate of drug-likeness (QED) is 0.652. The normalized spacial score (nSPS) is 11.0. The van der Waals surface area contributed by atoms with Crippen LogP contribution >= 0.6 is 15.9 Å². The molecule has 0 saturated carbocycles. The van der Waals surface area contributed by atoms with Gasteiger partial charge in [0.15, 0.2) is 0 Å². The van der Waals surface area contributed by atoms with Gasteiger partial charge in [0.1, 0.15) is 0 Å². The number of H-pyrrole nitrogens is 1. The van der Waals surface area contributed by atoms with Crippen LogP contribution in [0.5, 0.6) is 0 Å². The van der Waals surface area contributed by atoms with Crippen LogP contribution in [0.4, 0.5) is 0 Å². The van der Waals surface area contributed by atoms with Crippen molar-refractivity contribution in [2.75, 3.05) is 13.2 Å². The maximum Gasteiger partial charge on any atom is 0.254 e. The van der Waals surface area contributed by atoms with Crippen molar-refractivity contribution in [2.24, 2.45) is 0 Å². The van der Waals surface area contributed by atoms with Gasteiger partial charge >= 0.3 is 0 Å². The average Bonchev–Trinajstić information content (AvgIpc) is 2.65. The molecule has 0 bridgehead atoms. The van der Waals surface area contributed by atoms with Crippen molar-refractivity contribution >= 4 is 32.7 Å². The molecule has 1 aromatic heterocycles. The summed E-state index contributed by atoms with van der Waals surface area (Å²) in [4.78, 5) is 29.8. The molecule has 0 aliphatic carbocycles. The third-order valence-electron chi connectivity index (χ3n) is 4.63. The Morgan fingerprint density at radius 1 is 1.11 bits per heavy atom. The fraction of sp³-hybridized carbons (Fsp3) is 0.238. The third-order valence-corrected chi connectivity index (χ3v) is 5.16. The molecule has 0 aliphatic heterocycles. The molecule has 140 valence electrons. The van der Waals surface area contributed by atoms with Gasteiger partial charge in [0.05, 0.1) is 18.7 Å². The van der Waals surface area contributed by atoms with Crippen LogP contribution in [0.3, 0.4) is 0 Å². The van der Waals surface area contributed by atoms with Crippen LogP contribution in [0.2, 0.25) is 0 Å². The predicted molar refractivity (Wildman–Crippen MR) is 110 cm³/mol. The van der Waals surface area contributed by atoms with Gasteiger partial charge in [0, 0.05) is 27.5 Å². The van der Waals surface area contributed by atoms with Crippen molar-refractivity contribution < 1.29 is 9.90 Å². The Kier molecular flexibility index (Phi) is 5.77. The van der Waals surface area contributed by atoms with Crippen molar-refractivity contribution in [3.8, 4) is 0 Å². The number of halogens is 1. The average molecular weight is 429 g/mol. The van der Waals surface area contributed by atoms with Crippen molar-refractivity contribution in [3.63, 3.8) is 0 Å². The summed E-state index contributed by atoms with van der Waals surface area (Å²) in [5.74, 6) is -0.225. The number of rotatable bonds is 5. The molecule has 1 heterocycles. The van der Waals surface area contributed by atoms with Crippen LogP contribution < -0.4 is 5.56 Å². The zero-order valence-electron chi connectivity index (χ0n) is 15.3. The zero-order chi connectivity index (χ0) is 19.6. The van der Waals surface area contributed by atoms with Crippen LogP contribution in [0, 0.1) is 13.8 Å². The van der Waals surface area contributed by atoms with Crippen LogP contribution in [0.1, 0.15) is 27.0 Å². The van der Waals surface area contributed by atoms with E-state index in [1.165, 1.54) is 4.90 Å². The molecule has 0 aliphatic rings. The van der Waals surface area contributed by atoms with Crippen LogP contribution in [0.15, 0.2) is 51.7 Å². The number of hydrogen-bond donors (Lipinski definition) is 2. The van der Waals surface area contributed by atoms with E-state index in [1.807, 2.05) is 32.0 Å². The zero-order valence-corrected chi connectivity index (χ0v) is 16.8. The first-order valence-corrected chi connectivity index (χ1v) is 9.48. The highest BCUT2D eigenvalue weighted by Gasteiger charge is 2.18. The van der Waals surface area contributed by atoms with E-state index in [4.69, 9.17) is 0 Å². The van der Waals surface area contributed by atoms with Crippen LogP contribution in [-0.2, 0) is 6.54 Å². The minimum atomic E-state index is -0.225. The number of hydrogen-bond acceptors (Lipinski definition) is 3. The van der Waals surface area contributed by atoms with E-state index in [-0.39, 0.29) is 31.2 Å². The molecule has 2 aromatic carbocycles. The number of pyridine rings is 1. The summed E-state index contributed by atoms with van der Waals surface area (Å²) < 4.78 is 0.879. The lowest BCUT2D eigenvalue weighted by molar-refractivity contribution is 0.0707. The molecular weight excluding hydrogens is 408 g/mol. The molecule has 3 rings (SSSR count). The Bertz CT molecular complexity index is 1040. The Morgan fingerprint density at radius 2 is 1.78 bits per heavy atom. The summed E-state index contributed by atoms with van der Waals surface area (Å²) in [6, 6.07) is 12.8. The van der Waals surface area contributed by atoms with Crippen molar-refractivity contribution in [2.45, 2.75) is 20.4 Å². The largest absolute Gasteiger partial charge is 0.395 e. The Morgan fingerprint density at radius 3 is 2.44 bits per heavy atom. The highest BCUT2D eigenvalue weighted by Crippen LogP contribution is 2.20. The monoisotopic (exact) mass is 428 g/mol. The molecule has 27 heavy (non-hydrogen) atoms. The van der Waals surface area contributed by atoms with E-state index in [2.05, 4.69) is 20.9 Å². The number of benzene rings is 2. The molecule has 0 saturated heterocycles. The maximum atomic E-state index is 12.8. The molecule has 0 radical (unpaired) electrons. The number of nitrogens with zero attached hydrogens (tertiary/aromatic N) is 1. The summed E-state index contributed by atoms with van der Waals surface area (Å²) >= 11 is 3.35. The highest BCUT2D eigenvalue weighted by atomic mass is 79.9. The molecule has 0 fully saturated rings. The van der Waals surface area contributed by atoms with E-state index < -0.39 is 0 Å². The topological polar surface area (TPSA) is 73.4 Å². The van der Waals surface area contributed by atoms with Crippen molar-refractivity contribution in [1.82, 2.24) is 9.88 Å². The second kappa shape index (κ2) is 8.06. The molecule has 0 atom stereocenters. The fourth-order valence-corrected chi connectivity index (χ4v) is 3.35. The number of amides is 1. The first-order chi connectivity index (χ1) is 12.9. The first kappa shape index (κ1) is 19.3. The number of nitrogens with one attached hydrogen (secondary N) is 1. The van der Waals surface area contributed by atoms with Gasteiger partial charge in [0.2, 0.25) is 0 Å². The van der Waals surface area contributed by atoms with E-state index in [0.717, 1.165) is 26.5 Å². The smallest absolute Gasteiger partial charge is 0.254 e. The van der Waals surface area contributed by atoms with Gasteiger partial charge < -0.3 is 15.0 Å². The van der Waals surface area contributed by atoms with Crippen molar-refractivity contribution in [3.05, 3.63) is 79.5 Å². The predicted octanol–water partition coefficient (Wildman–Crippen LogP) is 3.54. The number of aromatic nitrogens is 1. The van der Waals surface area contributed by atoms with Gasteiger partial charge in [-0.1, -0.05) is 28.1 Å². The van der Waals surface area contributed by atoms with Gasteiger partial charge in [-0.05, 0) is 55.3 Å². The minimum Gasteiger partial charge on any atom is -0.395 e. The summed E-state index contributed by atoms with van der Waals surface area (Å²) in [7, 11) is 0. The number of aryl methyl sites for hydroxylation is 2. The van der Waals surface area contributed by atoms with Crippen molar-refractivity contribution in [1.29, 1.82) is 0 Å². The second-order valence-electron chi connectivity index (χ2n) is 6.57. The summed E-state index contributed by atoms with van der Waals surface area (Å²) in [6.45, 7) is 4.05. The first-order valence-electron chi connectivity index (χ1n) is 8.68. The van der Waals surface area contributed by atoms with Gasteiger partial charge in [-0.3, -0.25) is 9.59 Å². The number of carbonyl (C=O) groups excluding carboxylic acids is 1. The number of aliphatic hydroxyl groups is 1. The molecular formula is C21H21BrN2O3. The summed E-state index contributed by atoms with van der Waals surface area (Å²) in [5.41, 5.74) is 3.66. The standard InChI is InChI=1S/C21H21BrN2O3/c1-13-3-4-14(2)19-18(13)11-16(20(26)23-19)12-24(9-10-25)21(27)15-5-7-17(22)8-6-15/h3-8,11,25H,9-10,12H2,1-2H3,(H,23,26). The van der Waals surface area contributed by atoms with Crippen LogP contribution in [0.25, 0.3) is 10.9 Å². The lowest BCUT2D eigenvalue weighted by Gasteiger charge is -2.22. The molecule has 0 unspecified atom stereocenters. The number of fused-ring (bicyclic) bond motifs is 1. The molecule has 6 heteroatoms. The van der Waals surface area contributed by atoms with E-state index in [9.17, 15) is 14.7 Å². The molecule has 5 nitrogen and oxygen atoms in total. The maximum absolute atomic E-state index is 12.8. The second-order valence-corrected chi connectivity index (χ2v) is 7.48. The minimum absolute atomic E-state index is 0.133.